The van der Waals surface area contributed by atoms with Crippen LogP contribution in [0.1, 0.15) is 16.9 Å². The molecule has 8 heteroatoms. The molecule has 3 aromatic rings. The fourth-order valence-corrected chi connectivity index (χ4v) is 3.50. The Kier molecular flexibility index (Phi) is 5.69. The average Bonchev–Trinajstić information content (AvgIpc) is 2.77. The molecule has 3 heterocycles. The molecule has 154 valence electrons. The van der Waals surface area contributed by atoms with Crippen LogP contribution in [0.25, 0.3) is 11.3 Å². The molecule has 4 rings (SSSR count). The maximum atomic E-state index is 14.3. The van der Waals surface area contributed by atoms with Crippen molar-refractivity contribution in [1.29, 1.82) is 0 Å². The van der Waals surface area contributed by atoms with E-state index >= 15 is 0 Å². The van der Waals surface area contributed by atoms with Crippen LogP contribution in [0.4, 0.5) is 15.8 Å². The number of hydrogen-bond acceptors (Lipinski definition) is 6. The number of halogens is 1. The van der Waals surface area contributed by atoms with Crippen molar-refractivity contribution in [1.82, 2.24) is 9.97 Å². The number of aliphatic hydroxyl groups is 1. The van der Waals surface area contributed by atoms with Crippen molar-refractivity contribution in [2.75, 3.05) is 23.3 Å². The summed E-state index contributed by atoms with van der Waals surface area (Å²) in [5.41, 5.74) is 8.05. The number of benzene rings is 1. The van der Waals surface area contributed by atoms with E-state index in [2.05, 4.69) is 15.3 Å². The SMILES string of the molecule is N[C@@H]1CN(c2ccncc2NC(=O)c2ccc(F)c(-c3ccccc3)n2)CC[C@H]1O. The van der Waals surface area contributed by atoms with Crippen LogP contribution in [0.3, 0.4) is 0 Å². The van der Waals surface area contributed by atoms with Crippen LogP contribution in [0.2, 0.25) is 0 Å². The van der Waals surface area contributed by atoms with Gasteiger partial charge in [-0.1, -0.05) is 30.3 Å². The lowest BCUT2D eigenvalue weighted by Crippen LogP contribution is -2.51. The molecule has 1 fully saturated rings. The van der Waals surface area contributed by atoms with E-state index in [1.807, 2.05) is 11.0 Å². The molecular weight excluding hydrogens is 385 g/mol. The fraction of sp³-hybridized carbons (Fsp3) is 0.227. The minimum absolute atomic E-state index is 0.0934. The van der Waals surface area contributed by atoms with E-state index in [-0.39, 0.29) is 17.4 Å². The highest BCUT2D eigenvalue weighted by Crippen LogP contribution is 2.28. The standard InChI is InChI=1S/C22H22FN5O2/c23-15-6-7-17(26-21(15)14-4-2-1-3-5-14)22(30)27-18-12-25-10-8-19(18)28-11-9-20(29)16(24)13-28/h1-8,10,12,16,20,29H,9,11,13,24H2,(H,27,30)/t16-,20-/m1/s1. The molecule has 0 radical (unpaired) electrons. The molecule has 0 aliphatic carbocycles. The minimum atomic E-state index is -0.541. The van der Waals surface area contributed by atoms with E-state index in [0.29, 0.717) is 30.8 Å². The van der Waals surface area contributed by atoms with Gasteiger partial charge >= 0.3 is 0 Å². The molecule has 30 heavy (non-hydrogen) atoms. The summed E-state index contributed by atoms with van der Waals surface area (Å²) in [7, 11) is 0. The van der Waals surface area contributed by atoms with Crippen LogP contribution >= 0.6 is 0 Å². The summed E-state index contributed by atoms with van der Waals surface area (Å²) in [5, 5.41) is 12.7. The molecule has 1 aliphatic rings. The minimum Gasteiger partial charge on any atom is -0.391 e. The molecule has 1 saturated heterocycles. The average molecular weight is 407 g/mol. The summed E-state index contributed by atoms with van der Waals surface area (Å²) in [6.45, 7) is 1.07. The van der Waals surface area contributed by atoms with E-state index < -0.39 is 17.8 Å². The topological polar surface area (TPSA) is 104 Å². The zero-order valence-corrected chi connectivity index (χ0v) is 16.2. The molecule has 2 atom stereocenters. The number of nitrogens with zero attached hydrogens (tertiary/aromatic N) is 3. The lowest BCUT2D eigenvalue weighted by Gasteiger charge is -2.36. The Hall–Kier alpha value is -3.36. The maximum Gasteiger partial charge on any atom is 0.274 e. The van der Waals surface area contributed by atoms with Gasteiger partial charge in [0.15, 0.2) is 0 Å². The molecule has 0 saturated carbocycles. The zero-order chi connectivity index (χ0) is 21.1. The van der Waals surface area contributed by atoms with E-state index in [1.165, 1.54) is 12.1 Å². The van der Waals surface area contributed by atoms with Crippen molar-refractivity contribution in [3.63, 3.8) is 0 Å². The Balaban J connectivity index is 1.58. The van der Waals surface area contributed by atoms with Gasteiger partial charge < -0.3 is 21.1 Å². The second-order valence-electron chi connectivity index (χ2n) is 7.21. The summed E-state index contributed by atoms with van der Waals surface area (Å²) in [4.78, 5) is 23.2. The summed E-state index contributed by atoms with van der Waals surface area (Å²) in [6, 6.07) is 12.9. The van der Waals surface area contributed by atoms with E-state index in [4.69, 9.17) is 5.73 Å². The normalized spacial score (nSPS) is 18.8. The Bertz CT molecular complexity index is 1050. The third-order valence-corrected chi connectivity index (χ3v) is 5.13. The predicted octanol–water partition coefficient (Wildman–Crippen LogP) is 2.43. The molecule has 1 aliphatic heterocycles. The number of anilines is 2. The first-order chi connectivity index (χ1) is 14.5. The molecular formula is C22H22FN5O2. The van der Waals surface area contributed by atoms with Crippen molar-refractivity contribution in [3.8, 4) is 11.3 Å². The van der Waals surface area contributed by atoms with Crippen molar-refractivity contribution in [2.24, 2.45) is 5.73 Å². The summed E-state index contributed by atoms with van der Waals surface area (Å²) < 4.78 is 14.3. The number of nitrogens with one attached hydrogen (secondary N) is 1. The van der Waals surface area contributed by atoms with Crippen molar-refractivity contribution in [3.05, 3.63) is 72.4 Å². The third-order valence-electron chi connectivity index (χ3n) is 5.13. The monoisotopic (exact) mass is 407 g/mol. The number of amides is 1. The number of carbonyl (C=O) groups is 1. The molecule has 7 nitrogen and oxygen atoms in total. The maximum absolute atomic E-state index is 14.3. The van der Waals surface area contributed by atoms with Gasteiger partial charge in [0.1, 0.15) is 17.2 Å². The number of aliphatic hydroxyl groups excluding tert-OH is 1. The molecule has 1 aromatic carbocycles. The molecule has 1 amide bonds. The first-order valence-electron chi connectivity index (χ1n) is 9.69. The number of carbonyl (C=O) groups excluding carboxylic acids is 1. The van der Waals surface area contributed by atoms with Crippen LogP contribution in [-0.4, -0.2) is 46.2 Å². The van der Waals surface area contributed by atoms with Gasteiger partial charge in [0.25, 0.3) is 5.91 Å². The molecule has 0 bridgehead atoms. The lowest BCUT2D eigenvalue weighted by molar-refractivity contribution is 0.102. The van der Waals surface area contributed by atoms with Crippen LogP contribution in [0.5, 0.6) is 0 Å². The first kappa shape index (κ1) is 19.9. The first-order valence-corrected chi connectivity index (χ1v) is 9.69. The lowest BCUT2D eigenvalue weighted by atomic mass is 10.0. The predicted molar refractivity (Wildman–Crippen MR) is 113 cm³/mol. The Morgan fingerprint density at radius 1 is 1.20 bits per heavy atom. The summed E-state index contributed by atoms with van der Waals surface area (Å²) >= 11 is 0. The Morgan fingerprint density at radius 3 is 2.77 bits per heavy atom. The highest BCUT2D eigenvalue weighted by molar-refractivity contribution is 6.04. The second kappa shape index (κ2) is 8.56. The molecule has 2 aromatic heterocycles. The van der Waals surface area contributed by atoms with Gasteiger partial charge in [-0.3, -0.25) is 9.78 Å². The van der Waals surface area contributed by atoms with Crippen LogP contribution in [-0.2, 0) is 0 Å². The van der Waals surface area contributed by atoms with Gasteiger partial charge in [-0.05, 0) is 24.6 Å². The van der Waals surface area contributed by atoms with Crippen LogP contribution < -0.4 is 16.0 Å². The highest BCUT2D eigenvalue weighted by atomic mass is 19.1. The molecule has 4 N–H and O–H groups in total. The van der Waals surface area contributed by atoms with Crippen LogP contribution in [0.15, 0.2) is 60.9 Å². The number of hydrogen-bond donors (Lipinski definition) is 3. The van der Waals surface area contributed by atoms with Gasteiger partial charge in [-0.25, -0.2) is 9.37 Å². The van der Waals surface area contributed by atoms with Crippen molar-refractivity contribution >= 4 is 17.3 Å². The van der Waals surface area contributed by atoms with Gasteiger partial charge in [-0.15, -0.1) is 0 Å². The summed E-state index contributed by atoms with van der Waals surface area (Å²) in [6.07, 6.45) is 3.17. The summed E-state index contributed by atoms with van der Waals surface area (Å²) in [5.74, 6) is -0.969. The molecule has 0 unspecified atom stereocenters. The van der Waals surface area contributed by atoms with Gasteiger partial charge in [0, 0.05) is 30.9 Å². The highest BCUT2D eigenvalue weighted by Gasteiger charge is 2.26. The van der Waals surface area contributed by atoms with E-state index in [1.54, 1.807) is 42.7 Å². The number of rotatable bonds is 4. The Labute approximate surface area is 173 Å². The van der Waals surface area contributed by atoms with Gasteiger partial charge in [-0.2, -0.15) is 0 Å². The Morgan fingerprint density at radius 2 is 2.00 bits per heavy atom. The van der Waals surface area contributed by atoms with E-state index in [9.17, 15) is 14.3 Å². The van der Waals surface area contributed by atoms with Gasteiger partial charge in [0.05, 0.1) is 23.7 Å². The van der Waals surface area contributed by atoms with Crippen LogP contribution in [0, 0.1) is 5.82 Å². The number of piperidine rings is 1. The largest absolute Gasteiger partial charge is 0.391 e. The quantitative estimate of drug-likeness (QED) is 0.614. The molecule has 0 spiro atoms. The number of pyridine rings is 2. The third kappa shape index (κ3) is 4.14. The fourth-order valence-electron chi connectivity index (χ4n) is 3.50. The van der Waals surface area contributed by atoms with E-state index in [0.717, 1.165) is 5.69 Å². The number of aromatic nitrogens is 2. The zero-order valence-electron chi connectivity index (χ0n) is 16.2. The second-order valence-corrected chi connectivity index (χ2v) is 7.21. The smallest absolute Gasteiger partial charge is 0.274 e. The van der Waals surface area contributed by atoms with Crippen molar-refractivity contribution in [2.45, 2.75) is 18.6 Å². The van der Waals surface area contributed by atoms with Gasteiger partial charge in [0.2, 0.25) is 0 Å². The van der Waals surface area contributed by atoms with Crippen molar-refractivity contribution < 1.29 is 14.3 Å². The number of nitrogens with two attached hydrogens (primary N) is 1.